The molecule has 1 amide bonds. The number of carbonyl (C=O) groups excluding carboxylic acids is 1. The smallest absolute Gasteiger partial charge is 0.249 e. The number of aromatic nitrogens is 1. The Hall–Kier alpha value is -2.45. The van der Waals surface area contributed by atoms with E-state index in [1.807, 2.05) is 48.0 Å². The van der Waals surface area contributed by atoms with Crippen molar-refractivity contribution in [2.75, 3.05) is 27.1 Å². The lowest BCUT2D eigenvalue weighted by Crippen LogP contribution is -2.13. The molecule has 0 saturated carbocycles. The topological polar surface area (TPSA) is 62.1 Å². The SMILES string of the molecule is COc1ccc(SCCC(=O)N=c2sc3cc(OC)c(OC)cc3n2C)cc1. The molecular weight excluding hydrogens is 396 g/mol. The Morgan fingerprint density at radius 3 is 2.39 bits per heavy atom. The van der Waals surface area contributed by atoms with Crippen molar-refractivity contribution >= 4 is 39.2 Å². The fraction of sp³-hybridized carbons (Fsp3) is 0.300. The number of hydrogen-bond acceptors (Lipinski definition) is 6. The van der Waals surface area contributed by atoms with Gasteiger partial charge >= 0.3 is 0 Å². The molecule has 3 aromatic rings. The van der Waals surface area contributed by atoms with E-state index in [4.69, 9.17) is 14.2 Å². The second kappa shape index (κ2) is 9.16. The third kappa shape index (κ3) is 4.51. The van der Waals surface area contributed by atoms with Gasteiger partial charge in [-0.15, -0.1) is 11.8 Å². The summed E-state index contributed by atoms with van der Waals surface area (Å²) in [7, 11) is 6.74. The minimum Gasteiger partial charge on any atom is -0.497 e. The molecule has 8 heteroatoms. The fourth-order valence-corrected chi connectivity index (χ4v) is 4.54. The summed E-state index contributed by atoms with van der Waals surface area (Å²) in [5.74, 6) is 2.66. The average molecular weight is 419 g/mol. The highest BCUT2D eigenvalue weighted by Gasteiger charge is 2.11. The minimum atomic E-state index is -0.137. The summed E-state index contributed by atoms with van der Waals surface area (Å²) >= 11 is 3.08. The zero-order valence-electron chi connectivity index (χ0n) is 16.2. The van der Waals surface area contributed by atoms with E-state index in [0.29, 0.717) is 28.5 Å². The van der Waals surface area contributed by atoms with Gasteiger partial charge in [-0.2, -0.15) is 4.99 Å². The molecule has 1 aromatic heterocycles. The summed E-state index contributed by atoms with van der Waals surface area (Å²) in [4.78, 5) is 18.4. The van der Waals surface area contributed by atoms with Gasteiger partial charge in [-0.05, 0) is 24.3 Å². The van der Waals surface area contributed by atoms with Gasteiger partial charge in [-0.25, -0.2) is 0 Å². The van der Waals surface area contributed by atoms with Gasteiger partial charge in [0.15, 0.2) is 16.3 Å². The zero-order valence-corrected chi connectivity index (χ0v) is 17.9. The Bertz CT molecular complexity index is 1040. The third-order valence-corrected chi connectivity index (χ3v) is 6.29. The largest absolute Gasteiger partial charge is 0.497 e. The van der Waals surface area contributed by atoms with Crippen molar-refractivity contribution in [1.82, 2.24) is 4.57 Å². The first kappa shape index (κ1) is 20.3. The van der Waals surface area contributed by atoms with Crippen LogP contribution in [0, 0.1) is 0 Å². The summed E-state index contributed by atoms with van der Waals surface area (Å²) in [6, 6.07) is 11.6. The van der Waals surface area contributed by atoms with E-state index in [1.54, 1.807) is 33.1 Å². The molecule has 0 aliphatic heterocycles. The molecule has 0 atom stereocenters. The van der Waals surface area contributed by atoms with Gasteiger partial charge in [0, 0.05) is 36.2 Å². The Labute approximate surface area is 171 Å². The van der Waals surface area contributed by atoms with Gasteiger partial charge in [0.25, 0.3) is 0 Å². The standard InChI is InChI=1S/C20H22N2O4S2/c1-22-15-11-16(25-3)17(26-4)12-18(15)28-20(22)21-19(23)9-10-27-14-7-5-13(24-2)6-8-14/h5-8,11-12H,9-10H2,1-4H3. The maximum Gasteiger partial charge on any atom is 0.249 e. The lowest BCUT2D eigenvalue weighted by molar-refractivity contribution is -0.117. The summed E-state index contributed by atoms with van der Waals surface area (Å²) in [5, 5.41) is 0. The van der Waals surface area contributed by atoms with Crippen molar-refractivity contribution in [1.29, 1.82) is 0 Å². The molecule has 0 spiro atoms. The second-order valence-corrected chi connectivity index (χ2v) is 8.08. The van der Waals surface area contributed by atoms with Gasteiger partial charge in [0.05, 0.1) is 31.5 Å². The van der Waals surface area contributed by atoms with Gasteiger partial charge < -0.3 is 18.8 Å². The number of aryl methyl sites for hydroxylation is 1. The predicted octanol–water partition coefficient (Wildman–Crippen LogP) is 3.88. The van der Waals surface area contributed by atoms with Crippen molar-refractivity contribution in [2.24, 2.45) is 12.0 Å². The van der Waals surface area contributed by atoms with E-state index in [9.17, 15) is 4.79 Å². The van der Waals surface area contributed by atoms with E-state index in [2.05, 4.69) is 4.99 Å². The zero-order chi connectivity index (χ0) is 20.1. The van der Waals surface area contributed by atoms with Crippen molar-refractivity contribution in [3.63, 3.8) is 0 Å². The van der Waals surface area contributed by atoms with E-state index in [1.165, 1.54) is 11.3 Å². The number of amides is 1. The number of benzene rings is 2. The summed E-state index contributed by atoms with van der Waals surface area (Å²) in [6.07, 6.45) is 0.373. The lowest BCUT2D eigenvalue weighted by atomic mass is 10.3. The Kier molecular flexibility index (Phi) is 6.64. The first-order chi connectivity index (χ1) is 13.5. The van der Waals surface area contributed by atoms with E-state index in [0.717, 1.165) is 20.9 Å². The summed E-state index contributed by atoms with van der Waals surface area (Å²) in [6.45, 7) is 0. The molecule has 148 valence electrons. The second-order valence-electron chi connectivity index (χ2n) is 5.90. The van der Waals surface area contributed by atoms with Gasteiger partial charge in [-0.1, -0.05) is 11.3 Å². The van der Waals surface area contributed by atoms with Crippen LogP contribution in [0.3, 0.4) is 0 Å². The van der Waals surface area contributed by atoms with E-state index < -0.39 is 0 Å². The lowest BCUT2D eigenvalue weighted by Gasteiger charge is -2.07. The Balaban J connectivity index is 1.72. The number of rotatable bonds is 7. The highest BCUT2D eigenvalue weighted by Crippen LogP contribution is 2.33. The van der Waals surface area contributed by atoms with Crippen LogP contribution in [0.2, 0.25) is 0 Å². The van der Waals surface area contributed by atoms with E-state index in [-0.39, 0.29) is 5.91 Å². The molecule has 0 radical (unpaired) electrons. The normalized spacial score (nSPS) is 11.6. The molecular formula is C20H22N2O4S2. The number of ether oxygens (including phenoxy) is 3. The quantitative estimate of drug-likeness (QED) is 0.545. The number of methoxy groups -OCH3 is 3. The maximum atomic E-state index is 12.3. The van der Waals surface area contributed by atoms with Crippen LogP contribution in [0.5, 0.6) is 17.2 Å². The molecule has 3 rings (SSSR count). The molecule has 0 bridgehead atoms. The Morgan fingerprint density at radius 2 is 1.75 bits per heavy atom. The maximum absolute atomic E-state index is 12.3. The van der Waals surface area contributed by atoms with Crippen LogP contribution >= 0.6 is 23.1 Å². The molecule has 28 heavy (non-hydrogen) atoms. The highest BCUT2D eigenvalue weighted by atomic mass is 32.2. The third-order valence-electron chi connectivity index (χ3n) is 4.18. The van der Waals surface area contributed by atoms with Crippen LogP contribution in [0.4, 0.5) is 0 Å². The molecule has 0 N–H and O–H groups in total. The molecule has 1 heterocycles. The molecule has 0 unspecified atom stereocenters. The average Bonchev–Trinajstić information content (AvgIpc) is 3.01. The van der Waals surface area contributed by atoms with Gasteiger partial charge in [0.1, 0.15) is 5.75 Å². The molecule has 0 aliphatic carbocycles. The van der Waals surface area contributed by atoms with Crippen LogP contribution in [-0.4, -0.2) is 37.6 Å². The molecule has 0 saturated heterocycles. The van der Waals surface area contributed by atoms with Gasteiger partial charge in [0.2, 0.25) is 5.91 Å². The number of nitrogens with zero attached hydrogens (tertiary/aromatic N) is 2. The van der Waals surface area contributed by atoms with E-state index >= 15 is 0 Å². The number of carbonyl (C=O) groups is 1. The molecule has 2 aromatic carbocycles. The van der Waals surface area contributed by atoms with Crippen molar-refractivity contribution in [3.05, 3.63) is 41.2 Å². The van der Waals surface area contributed by atoms with Crippen LogP contribution in [0.15, 0.2) is 46.3 Å². The first-order valence-corrected chi connectivity index (χ1v) is 10.4. The van der Waals surface area contributed by atoms with Crippen LogP contribution < -0.4 is 19.0 Å². The number of hydrogen-bond donors (Lipinski definition) is 0. The number of thioether (sulfide) groups is 1. The number of thiazole rings is 1. The monoisotopic (exact) mass is 418 g/mol. The molecule has 6 nitrogen and oxygen atoms in total. The van der Waals surface area contributed by atoms with Crippen LogP contribution in [0.25, 0.3) is 10.2 Å². The minimum absolute atomic E-state index is 0.137. The van der Waals surface area contributed by atoms with Crippen molar-refractivity contribution in [3.8, 4) is 17.2 Å². The summed E-state index contributed by atoms with van der Waals surface area (Å²) < 4.78 is 18.7. The van der Waals surface area contributed by atoms with Crippen molar-refractivity contribution in [2.45, 2.75) is 11.3 Å². The number of fused-ring (bicyclic) bond motifs is 1. The predicted molar refractivity (Wildman–Crippen MR) is 113 cm³/mol. The molecule has 0 fully saturated rings. The van der Waals surface area contributed by atoms with Crippen LogP contribution in [-0.2, 0) is 11.8 Å². The van der Waals surface area contributed by atoms with Crippen LogP contribution in [0.1, 0.15) is 6.42 Å². The Morgan fingerprint density at radius 1 is 1.07 bits per heavy atom. The highest BCUT2D eigenvalue weighted by molar-refractivity contribution is 7.99. The summed E-state index contributed by atoms with van der Waals surface area (Å²) in [5.41, 5.74) is 0.946. The molecule has 0 aliphatic rings. The van der Waals surface area contributed by atoms with Crippen molar-refractivity contribution < 1.29 is 19.0 Å². The van der Waals surface area contributed by atoms with Gasteiger partial charge in [-0.3, -0.25) is 4.79 Å². The first-order valence-electron chi connectivity index (χ1n) is 8.61. The fourth-order valence-electron chi connectivity index (χ4n) is 2.65.